The van der Waals surface area contributed by atoms with Crippen molar-refractivity contribution < 1.29 is 9.15 Å². The fourth-order valence-electron chi connectivity index (χ4n) is 6.05. The molecule has 1 saturated heterocycles. The highest BCUT2D eigenvalue weighted by molar-refractivity contribution is 5.61. The first-order valence-electron chi connectivity index (χ1n) is 12.8. The van der Waals surface area contributed by atoms with Crippen LogP contribution in [-0.2, 0) is 24.1 Å². The highest BCUT2D eigenvalue weighted by atomic mass is 16.5. The van der Waals surface area contributed by atoms with E-state index in [1.165, 1.54) is 27.8 Å². The highest BCUT2D eigenvalue weighted by Crippen LogP contribution is 2.44. The molecule has 3 aromatic carbocycles. The lowest BCUT2D eigenvalue weighted by Crippen LogP contribution is -2.54. The maximum absolute atomic E-state index is 6.41. The van der Waals surface area contributed by atoms with Gasteiger partial charge in [0.05, 0.1) is 12.1 Å². The van der Waals surface area contributed by atoms with E-state index >= 15 is 0 Å². The van der Waals surface area contributed by atoms with Gasteiger partial charge in [0.1, 0.15) is 5.72 Å². The summed E-state index contributed by atoms with van der Waals surface area (Å²) in [7, 11) is 0. The van der Waals surface area contributed by atoms with Crippen molar-refractivity contribution in [2.24, 2.45) is 0 Å². The SMILES string of the molecule is Cc1cc(C)cc(-c2nnc(-c3ccc4c(c3)C[C@@]3(CC4)COC(C)(C)N3Cc3ccccc3)o2)c1. The van der Waals surface area contributed by atoms with Crippen LogP contribution in [0.25, 0.3) is 22.9 Å². The maximum Gasteiger partial charge on any atom is 0.248 e. The Labute approximate surface area is 213 Å². The summed E-state index contributed by atoms with van der Waals surface area (Å²) < 4.78 is 12.6. The number of hydrogen-bond donors (Lipinski definition) is 0. The van der Waals surface area contributed by atoms with Gasteiger partial charge in [-0.05, 0) is 87.9 Å². The third-order valence-electron chi connectivity index (χ3n) is 7.83. The Bertz CT molecular complexity index is 1390. The van der Waals surface area contributed by atoms with Crippen LogP contribution in [0.1, 0.15) is 48.1 Å². The van der Waals surface area contributed by atoms with E-state index in [9.17, 15) is 0 Å². The minimum Gasteiger partial charge on any atom is -0.416 e. The zero-order valence-electron chi connectivity index (χ0n) is 21.5. The van der Waals surface area contributed by atoms with Crippen molar-refractivity contribution in [1.82, 2.24) is 15.1 Å². The van der Waals surface area contributed by atoms with Gasteiger partial charge in [0.2, 0.25) is 11.8 Å². The molecule has 2 heterocycles. The van der Waals surface area contributed by atoms with Gasteiger partial charge >= 0.3 is 0 Å². The molecule has 1 spiro atoms. The van der Waals surface area contributed by atoms with Gasteiger partial charge < -0.3 is 9.15 Å². The molecule has 0 bridgehead atoms. The molecule has 5 heteroatoms. The molecular weight excluding hydrogens is 446 g/mol. The lowest BCUT2D eigenvalue weighted by molar-refractivity contribution is -0.0673. The maximum atomic E-state index is 6.41. The van der Waals surface area contributed by atoms with E-state index in [1.54, 1.807) is 0 Å². The average molecular weight is 480 g/mol. The summed E-state index contributed by atoms with van der Waals surface area (Å²) >= 11 is 0. The first-order valence-corrected chi connectivity index (χ1v) is 12.8. The van der Waals surface area contributed by atoms with Crippen LogP contribution in [0, 0.1) is 13.8 Å². The monoisotopic (exact) mass is 479 g/mol. The predicted octanol–water partition coefficient (Wildman–Crippen LogP) is 6.52. The summed E-state index contributed by atoms with van der Waals surface area (Å²) in [6.45, 7) is 10.2. The Hall–Kier alpha value is -3.28. The van der Waals surface area contributed by atoms with Gasteiger partial charge in [0.25, 0.3) is 0 Å². The van der Waals surface area contributed by atoms with Crippen LogP contribution in [0.5, 0.6) is 0 Å². The molecule has 1 atom stereocenters. The summed E-state index contributed by atoms with van der Waals surface area (Å²) in [5.41, 5.74) is 8.05. The predicted molar refractivity (Wildman–Crippen MR) is 141 cm³/mol. The Morgan fingerprint density at radius 3 is 2.31 bits per heavy atom. The molecule has 184 valence electrons. The summed E-state index contributed by atoms with van der Waals surface area (Å²) in [6.07, 6.45) is 3.08. The molecule has 0 N–H and O–H groups in total. The number of benzene rings is 3. The van der Waals surface area contributed by atoms with Crippen molar-refractivity contribution in [2.45, 2.75) is 64.8 Å². The van der Waals surface area contributed by atoms with E-state index in [0.717, 1.165) is 43.5 Å². The van der Waals surface area contributed by atoms with Gasteiger partial charge in [-0.3, -0.25) is 4.90 Å². The second kappa shape index (κ2) is 8.68. The Balaban J connectivity index is 1.30. The molecule has 1 aliphatic heterocycles. The third kappa shape index (κ3) is 4.16. The van der Waals surface area contributed by atoms with Crippen LogP contribution in [0.2, 0.25) is 0 Å². The van der Waals surface area contributed by atoms with Gasteiger partial charge in [0, 0.05) is 17.7 Å². The van der Waals surface area contributed by atoms with E-state index in [2.05, 4.69) is 110 Å². The van der Waals surface area contributed by atoms with Gasteiger partial charge in [0.15, 0.2) is 0 Å². The van der Waals surface area contributed by atoms with E-state index in [1.807, 2.05) is 0 Å². The van der Waals surface area contributed by atoms with Gasteiger partial charge in [-0.15, -0.1) is 10.2 Å². The molecule has 1 aromatic heterocycles. The van der Waals surface area contributed by atoms with E-state index in [-0.39, 0.29) is 11.3 Å². The van der Waals surface area contributed by atoms with Crippen LogP contribution in [0.3, 0.4) is 0 Å². The topological polar surface area (TPSA) is 51.4 Å². The summed E-state index contributed by atoms with van der Waals surface area (Å²) in [5.74, 6) is 1.13. The molecular formula is C31H33N3O2. The van der Waals surface area contributed by atoms with Gasteiger partial charge in [-0.1, -0.05) is 53.6 Å². The minimum atomic E-state index is -0.307. The Morgan fingerprint density at radius 1 is 0.833 bits per heavy atom. The molecule has 0 radical (unpaired) electrons. The van der Waals surface area contributed by atoms with E-state index in [4.69, 9.17) is 9.15 Å². The molecule has 1 aliphatic carbocycles. The number of aromatic nitrogens is 2. The van der Waals surface area contributed by atoms with E-state index < -0.39 is 0 Å². The Kier molecular flexibility index (Phi) is 5.58. The largest absolute Gasteiger partial charge is 0.416 e. The van der Waals surface area contributed by atoms with Crippen molar-refractivity contribution in [2.75, 3.05) is 6.61 Å². The van der Waals surface area contributed by atoms with Crippen molar-refractivity contribution in [3.8, 4) is 22.9 Å². The lowest BCUT2D eigenvalue weighted by atomic mass is 9.76. The van der Waals surface area contributed by atoms with Crippen LogP contribution >= 0.6 is 0 Å². The van der Waals surface area contributed by atoms with Crippen LogP contribution in [0.4, 0.5) is 0 Å². The molecule has 0 unspecified atom stereocenters. The quantitative estimate of drug-likeness (QED) is 0.334. The molecule has 0 saturated carbocycles. The molecule has 1 fully saturated rings. The molecule has 36 heavy (non-hydrogen) atoms. The number of fused-ring (bicyclic) bond motifs is 1. The summed E-state index contributed by atoms with van der Waals surface area (Å²) in [5, 5.41) is 8.76. The summed E-state index contributed by atoms with van der Waals surface area (Å²) in [4.78, 5) is 2.58. The van der Waals surface area contributed by atoms with Crippen molar-refractivity contribution in [1.29, 1.82) is 0 Å². The molecule has 0 amide bonds. The van der Waals surface area contributed by atoms with Crippen LogP contribution in [0.15, 0.2) is 71.1 Å². The van der Waals surface area contributed by atoms with Crippen molar-refractivity contribution in [3.05, 3.63) is 94.5 Å². The second-order valence-electron chi connectivity index (χ2n) is 11.0. The fraction of sp³-hybridized carbons (Fsp3) is 0.355. The second-order valence-corrected chi connectivity index (χ2v) is 11.0. The number of aryl methyl sites for hydroxylation is 3. The lowest BCUT2D eigenvalue weighted by Gasteiger charge is -2.45. The molecule has 4 aromatic rings. The van der Waals surface area contributed by atoms with E-state index in [0.29, 0.717) is 11.8 Å². The third-order valence-corrected chi connectivity index (χ3v) is 7.83. The minimum absolute atomic E-state index is 0.0237. The standard InChI is InChI=1S/C31H33N3O2/c1-21-14-22(2)16-26(15-21)29-33-32-28(36-29)25-11-10-24-12-13-31(18-27(24)17-25)20-35-30(3,4)34(31)19-23-8-6-5-7-9-23/h5-11,14-17H,12-13,18-20H2,1-4H3/t31-/m0/s1. The average Bonchev–Trinajstić information content (AvgIpc) is 3.44. The first kappa shape index (κ1) is 23.1. The number of rotatable bonds is 4. The summed E-state index contributed by atoms with van der Waals surface area (Å²) in [6, 6.07) is 23.7. The van der Waals surface area contributed by atoms with Crippen molar-refractivity contribution in [3.63, 3.8) is 0 Å². The smallest absolute Gasteiger partial charge is 0.248 e. The zero-order valence-corrected chi connectivity index (χ0v) is 21.5. The number of ether oxygens (including phenoxy) is 1. The number of nitrogens with zero attached hydrogens (tertiary/aromatic N) is 3. The molecule has 2 aliphatic rings. The fourth-order valence-corrected chi connectivity index (χ4v) is 6.05. The van der Waals surface area contributed by atoms with Crippen LogP contribution < -0.4 is 0 Å². The molecule has 5 nitrogen and oxygen atoms in total. The highest BCUT2D eigenvalue weighted by Gasteiger charge is 2.52. The number of hydrogen-bond acceptors (Lipinski definition) is 5. The van der Waals surface area contributed by atoms with Crippen LogP contribution in [-0.4, -0.2) is 33.0 Å². The Morgan fingerprint density at radius 2 is 1.56 bits per heavy atom. The normalized spacial score (nSPS) is 21.1. The zero-order chi connectivity index (χ0) is 24.9. The first-order chi connectivity index (χ1) is 17.3. The van der Waals surface area contributed by atoms with Crippen molar-refractivity contribution >= 4 is 0 Å². The molecule has 6 rings (SSSR count). The van der Waals surface area contributed by atoms with Gasteiger partial charge in [-0.25, -0.2) is 0 Å². The van der Waals surface area contributed by atoms with Gasteiger partial charge in [-0.2, -0.15) is 0 Å².